The third kappa shape index (κ3) is 7.75. The Bertz CT molecular complexity index is 1280. The first-order chi connectivity index (χ1) is 18.5. The smallest absolute Gasteiger partial charge is 0.303 e. The number of anilines is 1. The number of carboxylic acids is 1. The van der Waals surface area contributed by atoms with E-state index in [2.05, 4.69) is 52.8 Å². The summed E-state index contributed by atoms with van der Waals surface area (Å²) >= 11 is 0. The Kier molecular flexibility index (Phi) is 9.63. The highest BCUT2D eigenvalue weighted by Gasteiger charge is 2.18. The highest BCUT2D eigenvalue weighted by atomic mass is 16.4. The van der Waals surface area contributed by atoms with Crippen LogP contribution >= 0.6 is 0 Å². The number of amides is 1. The molecule has 0 bridgehead atoms. The van der Waals surface area contributed by atoms with E-state index >= 15 is 0 Å². The molecule has 0 aromatic heterocycles. The minimum Gasteiger partial charge on any atom is -0.481 e. The lowest BCUT2D eigenvalue weighted by Crippen LogP contribution is -2.14. The zero-order valence-corrected chi connectivity index (χ0v) is 22.0. The molecule has 1 fully saturated rings. The van der Waals surface area contributed by atoms with E-state index in [0.29, 0.717) is 12.3 Å². The summed E-state index contributed by atoms with van der Waals surface area (Å²) < 4.78 is 0. The fraction of sp³-hybridized carbons (Fsp3) is 0.303. The second-order valence-electron chi connectivity index (χ2n) is 9.85. The van der Waals surface area contributed by atoms with E-state index in [1.54, 1.807) is 0 Å². The fourth-order valence-corrected chi connectivity index (χ4v) is 4.98. The quantitative estimate of drug-likeness (QED) is 0.214. The van der Waals surface area contributed by atoms with Crippen LogP contribution in [-0.2, 0) is 16.0 Å². The van der Waals surface area contributed by atoms with E-state index in [-0.39, 0.29) is 18.7 Å². The van der Waals surface area contributed by atoms with E-state index in [0.717, 1.165) is 60.2 Å². The second-order valence-corrected chi connectivity index (χ2v) is 9.85. The Hall–Kier alpha value is -3.99. The van der Waals surface area contributed by atoms with Crippen LogP contribution in [0.2, 0.25) is 0 Å². The number of benzene rings is 3. The molecule has 2 N–H and O–H groups in total. The summed E-state index contributed by atoms with van der Waals surface area (Å²) in [4.78, 5) is 28.1. The van der Waals surface area contributed by atoms with Crippen molar-refractivity contribution in [2.45, 2.75) is 64.2 Å². The first kappa shape index (κ1) is 27.1. The van der Waals surface area contributed by atoms with Gasteiger partial charge in [-0.25, -0.2) is 0 Å². The molecule has 38 heavy (non-hydrogen) atoms. The number of nitrogens with zero attached hydrogens (tertiary/aromatic N) is 1. The number of hydrogen-bond acceptors (Lipinski definition) is 3. The average Bonchev–Trinajstić information content (AvgIpc) is 2.93. The van der Waals surface area contributed by atoms with Crippen LogP contribution in [0, 0.1) is 0 Å². The SMILES string of the molecule is CCC=Nc1cc(-c2ccc(C3CCC(=CCCC(=O)O)CC3)cc2)ccc1CC(=O)Nc1ccccc1. The van der Waals surface area contributed by atoms with Crippen LogP contribution in [0.25, 0.3) is 11.1 Å². The minimum absolute atomic E-state index is 0.0615. The van der Waals surface area contributed by atoms with Crippen molar-refractivity contribution in [3.05, 3.63) is 95.6 Å². The van der Waals surface area contributed by atoms with Gasteiger partial charge < -0.3 is 10.4 Å². The van der Waals surface area contributed by atoms with E-state index in [4.69, 9.17) is 5.11 Å². The number of allylic oxidation sites excluding steroid dienone is 2. The highest BCUT2D eigenvalue weighted by Crippen LogP contribution is 2.37. The van der Waals surface area contributed by atoms with Gasteiger partial charge in [-0.2, -0.15) is 0 Å². The van der Waals surface area contributed by atoms with Crippen LogP contribution in [0.4, 0.5) is 11.4 Å². The highest BCUT2D eigenvalue weighted by molar-refractivity contribution is 5.93. The molecule has 0 spiro atoms. The van der Waals surface area contributed by atoms with Crippen molar-refractivity contribution in [1.82, 2.24) is 0 Å². The van der Waals surface area contributed by atoms with Gasteiger partial charge >= 0.3 is 5.97 Å². The van der Waals surface area contributed by atoms with Gasteiger partial charge in [0.1, 0.15) is 0 Å². The number of rotatable bonds is 10. The first-order valence-corrected chi connectivity index (χ1v) is 13.5. The zero-order valence-electron chi connectivity index (χ0n) is 22.0. The van der Waals surface area contributed by atoms with Crippen molar-refractivity contribution in [3.8, 4) is 11.1 Å². The maximum atomic E-state index is 12.7. The van der Waals surface area contributed by atoms with E-state index in [9.17, 15) is 9.59 Å². The van der Waals surface area contributed by atoms with Gasteiger partial charge in [0, 0.05) is 18.3 Å². The molecule has 0 atom stereocenters. The van der Waals surface area contributed by atoms with Gasteiger partial charge in [-0.15, -0.1) is 0 Å². The van der Waals surface area contributed by atoms with Crippen molar-refractivity contribution < 1.29 is 14.7 Å². The van der Waals surface area contributed by atoms with Crippen LogP contribution in [0.1, 0.15) is 68.9 Å². The summed E-state index contributed by atoms with van der Waals surface area (Å²) in [5.41, 5.74) is 7.49. The lowest BCUT2D eigenvalue weighted by Gasteiger charge is -2.24. The van der Waals surface area contributed by atoms with Crippen LogP contribution in [0.5, 0.6) is 0 Å². The minimum atomic E-state index is -0.733. The molecule has 5 heteroatoms. The van der Waals surface area contributed by atoms with Crippen molar-refractivity contribution in [3.63, 3.8) is 0 Å². The summed E-state index contributed by atoms with van der Waals surface area (Å²) in [5, 5.41) is 11.8. The van der Waals surface area contributed by atoms with Gasteiger partial charge in [0.2, 0.25) is 5.91 Å². The summed E-state index contributed by atoms with van der Waals surface area (Å²) in [7, 11) is 0. The largest absolute Gasteiger partial charge is 0.481 e. The third-order valence-electron chi connectivity index (χ3n) is 7.04. The van der Waals surface area contributed by atoms with Crippen LogP contribution in [-0.4, -0.2) is 23.2 Å². The van der Waals surface area contributed by atoms with Gasteiger partial charge in [0.15, 0.2) is 0 Å². The van der Waals surface area contributed by atoms with Gasteiger partial charge in [0.25, 0.3) is 0 Å². The number of nitrogens with one attached hydrogen (secondary N) is 1. The second kappa shape index (κ2) is 13.5. The van der Waals surface area contributed by atoms with Crippen molar-refractivity contribution in [1.29, 1.82) is 0 Å². The predicted molar refractivity (Wildman–Crippen MR) is 155 cm³/mol. The summed E-state index contributed by atoms with van der Waals surface area (Å²) in [6.45, 7) is 2.05. The Labute approximate surface area is 225 Å². The Morgan fingerprint density at radius 3 is 2.37 bits per heavy atom. The van der Waals surface area contributed by atoms with Crippen LogP contribution in [0.15, 0.2) is 89.4 Å². The molecule has 0 aliphatic heterocycles. The molecule has 5 nitrogen and oxygen atoms in total. The van der Waals surface area contributed by atoms with E-state index in [1.807, 2.05) is 49.5 Å². The van der Waals surface area contributed by atoms with E-state index in [1.165, 1.54) is 11.1 Å². The number of carboxylic acid groups (broad SMARTS) is 1. The summed E-state index contributed by atoms with van der Waals surface area (Å²) in [6.07, 6.45) is 10.2. The van der Waals surface area contributed by atoms with Gasteiger partial charge in [-0.3, -0.25) is 14.6 Å². The fourth-order valence-electron chi connectivity index (χ4n) is 4.98. The van der Waals surface area contributed by atoms with Crippen LogP contribution in [0.3, 0.4) is 0 Å². The average molecular weight is 509 g/mol. The van der Waals surface area contributed by atoms with E-state index < -0.39 is 5.97 Å². The first-order valence-electron chi connectivity index (χ1n) is 13.5. The molecule has 0 unspecified atom stereocenters. The maximum absolute atomic E-state index is 12.7. The summed E-state index contributed by atoms with van der Waals surface area (Å²) in [5.74, 6) is -0.257. The maximum Gasteiger partial charge on any atom is 0.303 e. The zero-order chi connectivity index (χ0) is 26.7. The molecule has 1 saturated carbocycles. The monoisotopic (exact) mass is 508 g/mol. The number of para-hydroxylation sites is 1. The third-order valence-corrected chi connectivity index (χ3v) is 7.04. The van der Waals surface area contributed by atoms with Crippen molar-refractivity contribution in [2.24, 2.45) is 4.99 Å². The molecule has 3 aromatic carbocycles. The standard InChI is InChI=1S/C33H36N2O3/c1-2-21-34-31-22-28(19-20-29(31)23-32(36)35-30-8-4-3-5-9-30)27-17-15-26(16-18-27)25-13-11-24(12-14-25)7-6-10-33(37)38/h3-5,7-9,15-22,25H,2,6,10-14,23H2,1H3,(H,35,36)(H,37,38). The molecule has 3 aromatic rings. The molecule has 196 valence electrons. The molecule has 0 radical (unpaired) electrons. The molecule has 0 saturated heterocycles. The van der Waals surface area contributed by atoms with Gasteiger partial charge in [-0.05, 0) is 84.9 Å². The molecule has 1 aliphatic rings. The van der Waals surface area contributed by atoms with Crippen molar-refractivity contribution >= 4 is 29.5 Å². The number of aliphatic carboxylic acids is 1. The number of carbonyl (C=O) groups is 2. The van der Waals surface area contributed by atoms with Crippen LogP contribution < -0.4 is 5.32 Å². The van der Waals surface area contributed by atoms with Gasteiger partial charge in [-0.1, -0.05) is 73.2 Å². The Balaban J connectivity index is 1.42. The molecule has 1 aliphatic carbocycles. The molecule has 4 rings (SSSR count). The number of carbonyl (C=O) groups excluding carboxylic acids is 1. The molecule has 0 heterocycles. The lowest BCUT2D eigenvalue weighted by atomic mass is 9.81. The van der Waals surface area contributed by atoms with Gasteiger partial charge in [0.05, 0.1) is 12.1 Å². The predicted octanol–water partition coefficient (Wildman–Crippen LogP) is 8.10. The topological polar surface area (TPSA) is 78.8 Å². The Morgan fingerprint density at radius 2 is 1.68 bits per heavy atom. The summed E-state index contributed by atoms with van der Waals surface area (Å²) in [6, 6.07) is 24.5. The molecular weight excluding hydrogens is 472 g/mol. The normalized spacial score (nSPS) is 15.4. The Morgan fingerprint density at radius 1 is 0.974 bits per heavy atom. The number of hydrogen-bond donors (Lipinski definition) is 2. The molecular formula is C33H36N2O3. The lowest BCUT2D eigenvalue weighted by molar-refractivity contribution is -0.136. The molecule has 1 amide bonds. The van der Waals surface area contributed by atoms with Crippen molar-refractivity contribution in [2.75, 3.05) is 5.32 Å². The number of aliphatic imine (C=N–C) groups is 1.